The number of hydrogen-bond donors (Lipinski definition) is 1. The fourth-order valence-corrected chi connectivity index (χ4v) is 2.22. The van der Waals surface area contributed by atoms with Gasteiger partial charge in [-0.2, -0.15) is 0 Å². The lowest BCUT2D eigenvalue weighted by Crippen LogP contribution is -2.37. The van der Waals surface area contributed by atoms with Gasteiger partial charge in [0, 0.05) is 20.1 Å². The highest BCUT2D eigenvalue weighted by atomic mass is 16.2. The van der Waals surface area contributed by atoms with Gasteiger partial charge in [0.05, 0.1) is 0 Å². The molecular weight excluding hydrogens is 212 g/mol. The van der Waals surface area contributed by atoms with Crippen molar-refractivity contribution in [3.63, 3.8) is 0 Å². The average Bonchev–Trinajstić information content (AvgIpc) is 2.25. The quantitative estimate of drug-likeness (QED) is 0.646. The number of nitrogens with one attached hydrogen (secondary N) is 1. The second kappa shape index (κ2) is 4.35. The highest BCUT2D eigenvalue weighted by Gasteiger charge is 2.31. The summed E-state index contributed by atoms with van der Waals surface area (Å²) in [6, 6.07) is 0.0194. The molecule has 0 atom stereocenters. The summed E-state index contributed by atoms with van der Waals surface area (Å²) in [5.74, 6) is 0. The molecule has 0 aromatic carbocycles. The Morgan fingerprint density at radius 2 is 1.47 bits per heavy atom. The minimum absolute atomic E-state index is 0.0194. The van der Waals surface area contributed by atoms with E-state index in [1.54, 1.807) is 4.90 Å². The molecule has 1 rings (SSSR count). The lowest BCUT2D eigenvalue weighted by atomic mass is 9.75. The fourth-order valence-electron chi connectivity index (χ4n) is 2.22. The molecule has 0 saturated heterocycles. The molecule has 0 bridgehead atoms. The molecule has 1 N–H and O–H groups in total. The molecule has 0 aromatic heterocycles. The van der Waals surface area contributed by atoms with Crippen molar-refractivity contribution in [1.82, 2.24) is 10.2 Å². The van der Waals surface area contributed by atoms with Gasteiger partial charge in [0.2, 0.25) is 0 Å². The van der Waals surface area contributed by atoms with Gasteiger partial charge in [0.25, 0.3) is 0 Å². The molecule has 0 fully saturated rings. The van der Waals surface area contributed by atoms with E-state index in [-0.39, 0.29) is 16.9 Å². The molecular formula is C14H26N2O. The Kier molecular flexibility index (Phi) is 3.60. The highest BCUT2D eigenvalue weighted by molar-refractivity contribution is 5.75. The molecule has 3 heteroatoms. The van der Waals surface area contributed by atoms with E-state index in [1.165, 1.54) is 11.1 Å². The van der Waals surface area contributed by atoms with Crippen LogP contribution < -0.4 is 5.32 Å². The molecule has 0 radical (unpaired) electrons. The summed E-state index contributed by atoms with van der Waals surface area (Å²) in [4.78, 5) is 13.5. The standard InChI is InChI=1S/C14H26N2O/c1-13(2,3)10-8-15-12(17)16(7)9-11(10)14(4,5)6/h8-9H2,1-7H3,(H,15,17). The van der Waals surface area contributed by atoms with Gasteiger partial charge in [-0.15, -0.1) is 0 Å². The van der Waals surface area contributed by atoms with Crippen LogP contribution in [0.25, 0.3) is 0 Å². The third-order valence-corrected chi connectivity index (χ3v) is 3.33. The molecule has 0 spiro atoms. The zero-order valence-electron chi connectivity index (χ0n) is 12.3. The Morgan fingerprint density at radius 1 is 1.00 bits per heavy atom. The van der Waals surface area contributed by atoms with Crippen LogP contribution in [0, 0.1) is 10.8 Å². The van der Waals surface area contributed by atoms with Crippen molar-refractivity contribution in [2.75, 3.05) is 20.1 Å². The minimum Gasteiger partial charge on any atom is -0.334 e. The Hall–Kier alpha value is -0.990. The fraction of sp³-hybridized carbons (Fsp3) is 0.786. The predicted molar refractivity (Wildman–Crippen MR) is 72.0 cm³/mol. The van der Waals surface area contributed by atoms with Gasteiger partial charge < -0.3 is 10.2 Å². The molecule has 1 heterocycles. The SMILES string of the molecule is CN1CC(C(C)(C)C)=C(C(C)(C)C)CNC1=O. The third-order valence-electron chi connectivity index (χ3n) is 3.33. The summed E-state index contributed by atoms with van der Waals surface area (Å²) < 4.78 is 0. The smallest absolute Gasteiger partial charge is 0.317 e. The van der Waals surface area contributed by atoms with Crippen LogP contribution in [0.1, 0.15) is 41.5 Å². The summed E-state index contributed by atoms with van der Waals surface area (Å²) in [6.45, 7) is 14.7. The van der Waals surface area contributed by atoms with Crippen LogP contribution in [0.15, 0.2) is 11.1 Å². The molecule has 2 amide bonds. The lowest BCUT2D eigenvalue weighted by molar-refractivity contribution is 0.213. The summed E-state index contributed by atoms with van der Waals surface area (Å²) in [6.07, 6.45) is 0. The number of likely N-dealkylation sites (N-methyl/N-ethyl adjacent to an activating group) is 1. The van der Waals surface area contributed by atoms with Gasteiger partial charge >= 0.3 is 6.03 Å². The molecule has 3 nitrogen and oxygen atoms in total. The van der Waals surface area contributed by atoms with E-state index in [4.69, 9.17) is 0 Å². The van der Waals surface area contributed by atoms with Gasteiger partial charge in [0.1, 0.15) is 0 Å². The van der Waals surface area contributed by atoms with E-state index < -0.39 is 0 Å². The van der Waals surface area contributed by atoms with Gasteiger partial charge in [-0.25, -0.2) is 4.79 Å². The summed E-state index contributed by atoms with van der Waals surface area (Å²) in [5.41, 5.74) is 2.94. The van der Waals surface area contributed by atoms with Crippen LogP contribution in [0.2, 0.25) is 0 Å². The van der Waals surface area contributed by atoms with E-state index in [0.717, 1.165) is 6.54 Å². The van der Waals surface area contributed by atoms with E-state index in [2.05, 4.69) is 46.9 Å². The number of amides is 2. The van der Waals surface area contributed by atoms with Gasteiger partial charge in [-0.05, 0) is 22.0 Å². The minimum atomic E-state index is 0.0194. The number of nitrogens with zero attached hydrogens (tertiary/aromatic N) is 1. The maximum atomic E-state index is 11.7. The first-order valence-corrected chi connectivity index (χ1v) is 6.25. The second-order valence-electron chi connectivity index (χ2n) is 6.97. The summed E-state index contributed by atoms with van der Waals surface area (Å²) in [7, 11) is 1.85. The van der Waals surface area contributed by atoms with Gasteiger partial charge in [-0.1, -0.05) is 41.5 Å². The molecule has 1 aliphatic heterocycles. The number of hydrogen-bond acceptors (Lipinski definition) is 1. The molecule has 0 unspecified atom stereocenters. The van der Waals surface area contributed by atoms with E-state index in [9.17, 15) is 4.79 Å². The molecule has 0 aliphatic carbocycles. The van der Waals surface area contributed by atoms with Crippen molar-refractivity contribution in [2.24, 2.45) is 10.8 Å². The number of carbonyl (C=O) groups is 1. The van der Waals surface area contributed by atoms with Crippen molar-refractivity contribution in [3.05, 3.63) is 11.1 Å². The van der Waals surface area contributed by atoms with Crippen LogP contribution in [0.4, 0.5) is 4.79 Å². The Labute approximate surface area is 105 Å². The molecule has 17 heavy (non-hydrogen) atoms. The molecule has 0 saturated carbocycles. The Morgan fingerprint density at radius 3 is 1.88 bits per heavy atom. The summed E-state index contributed by atoms with van der Waals surface area (Å²) in [5, 5.41) is 2.98. The van der Waals surface area contributed by atoms with Crippen molar-refractivity contribution >= 4 is 6.03 Å². The predicted octanol–water partition coefficient (Wildman–Crippen LogP) is 3.03. The van der Waals surface area contributed by atoms with Crippen molar-refractivity contribution in [2.45, 2.75) is 41.5 Å². The van der Waals surface area contributed by atoms with Crippen LogP contribution in [-0.4, -0.2) is 31.1 Å². The van der Waals surface area contributed by atoms with Crippen molar-refractivity contribution < 1.29 is 4.79 Å². The second-order valence-corrected chi connectivity index (χ2v) is 6.97. The highest BCUT2D eigenvalue weighted by Crippen LogP contribution is 2.37. The van der Waals surface area contributed by atoms with Crippen molar-refractivity contribution in [1.29, 1.82) is 0 Å². The number of carbonyl (C=O) groups excluding carboxylic acids is 1. The molecule has 1 aliphatic rings. The molecule has 98 valence electrons. The van der Waals surface area contributed by atoms with Gasteiger partial charge in [-0.3, -0.25) is 0 Å². The monoisotopic (exact) mass is 238 g/mol. The Bertz CT molecular complexity index is 342. The van der Waals surface area contributed by atoms with Crippen molar-refractivity contribution in [3.8, 4) is 0 Å². The van der Waals surface area contributed by atoms with Gasteiger partial charge in [0.15, 0.2) is 0 Å². The molecule has 0 aromatic rings. The largest absolute Gasteiger partial charge is 0.334 e. The first-order valence-electron chi connectivity index (χ1n) is 6.25. The first-order chi connectivity index (χ1) is 7.53. The third kappa shape index (κ3) is 3.24. The number of urea groups is 1. The zero-order valence-corrected chi connectivity index (χ0v) is 12.3. The summed E-state index contributed by atoms with van der Waals surface area (Å²) >= 11 is 0. The van der Waals surface area contributed by atoms with E-state index in [0.29, 0.717) is 6.54 Å². The van der Waals surface area contributed by atoms with E-state index >= 15 is 0 Å². The maximum absolute atomic E-state index is 11.7. The maximum Gasteiger partial charge on any atom is 0.317 e. The van der Waals surface area contributed by atoms with Crippen LogP contribution in [-0.2, 0) is 0 Å². The van der Waals surface area contributed by atoms with Crippen LogP contribution in [0.5, 0.6) is 0 Å². The average molecular weight is 238 g/mol. The topological polar surface area (TPSA) is 32.3 Å². The van der Waals surface area contributed by atoms with Crippen LogP contribution >= 0.6 is 0 Å². The van der Waals surface area contributed by atoms with E-state index in [1.807, 2.05) is 7.05 Å². The lowest BCUT2D eigenvalue weighted by Gasteiger charge is -2.32. The Balaban J connectivity index is 3.25. The first kappa shape index (κ1) is 14.1. The van der Waals surface area contributed by atoms with Crippen LogP contribution in [0.3, 0.4) is 0 Å². The normalized spacial score (nSPS) is 19.2. The number of rotatable bonds is 0. The zero-order chi connectivity index (χ0) is 13.4.